The molecule has 48 heavy (non-hydrogen) atoms. The number of carbonyl (C=O) groups is 1. The van der Waals surface area contributed by atoms with E-state index in [4.69, 9.17) is 21.3 Å². The minimum absolute atomic E-state index is 0.0977. The first-order valence-electron chi connectivity index (χ1n) is 17.4. The number of aryl methyl sites for hydroxylation is 1. The molecule has 2 aromatic rings. The molecule has 5 atom stereocenters. The van der Waals surface area contributed by atoms with Crippen LogP contribution in [0.2, 0.25) is 5.02 Å². The number of ether oxygens (including phenoxy) is 1. The predicted octanol–water partition coefficient (Wildman–Crippen LogP) is 7.71. The topological polar surface area (TPSA) is 85.6 Å². The molecule has 2 aliphatic heterocycles. The van der Waals surface area contributed by atoms with Crippen LogP contribution in [0.25, 0.3) is 0 Å². The molecule has 264 valence electrons. The van der Waals surface area contributed by atoms with Gasteiger partial charge in [-0.2, -0.15) is 15.2 Å². The zero-order chi connectivity index (χ0) is 35.4. The Morgan fingerprint density at radius 3 is 2.50 bits per heavy atom. The molecule has 5 unspecified atom stereocenters. The summed E-state index contributed by atoms with van der Waals surface area (Å²) in [6, 6.07) is 10.1. The Labute approximate surface area is 291 Å². The van der Waals surface area contributed by atoms with Crippen molar-refractivity contribution in [1.29, 1.82) is 5.26 Å². The van der Waals surface area contributed by atoms with E-state index in [0.717, 1.165) is 79.2 Å². The van der Waals surface area contributed by atoms with Gasteiger partial charge in [0.25, 0.3) is 5.91 Å². The summed E-state index contributed by atoms with van der Waals surface area (Å²) < 4.78 is 32.0. The zero-order valence-corrected chi connectivity index (χ0v) is 30.3. The highest BCUT2D eigenvalue weighted by atomic mass is 35.5. The molecule has 2 saturated heterocycles. The molecule has 0 radical (unpaired) electrons. The minimum atomic E-state index is -1.01. The number of halogens is 3. The van der Waals surface area contributed by atoms with Crippen molar-refractivity contribution < 1.29 is 18.3 Å². The van der Waals surface area contributed by atoms with Crippen LogP contribution in [0.1, 0.15) is 89.0 Å². The molecule has 0 spiro atoms. The smallest absolute Gasteiger partial charge is 0.318 e. The van der Waals surface area contributed by atoms with Gasteiger partial charge in [0.2, 0.25) is 0 Å². The highest BCUT2D eigenvalue weighted by Crippen LogP contribution is 2.42. The second kappa shape index (κ2) is 19.0. The van der Waals surface area contributed by atoms with Gasteiger partial charge in [-0.1, -0.05) is 70.5 Å². The molecule has 11 heteroatoms. The highest BCUT2D eigenvalue weighted by Gasteiger charge is 2.36. The Bertz CT molecular complexity index is 1390. The molecule has 5 rings (SSSR count). The van der Waals surface area contributed by atoms with Crippen LogP contribution in [0.5, 0.6) is 6.01 Å². The Morgan fingerprint density at radius 2 is 1.90 bits per heavy atom. The first-order valence-corrected chi connectivity index (χ1v) is 17.8. The number of hydrogen-bond donors (Lipinski definition) is 0. The number of alkyl halides is 1. The molecule has 8 nitrogen and oxygen atoms in total. The predicted molar refractivity (Wildman–Crippen MR) is 189 cm³/mol. The summed E-state index contributed by atoms with van der Waals surface area (Å²) in [5, 5.41) is 10.1. The molecule has 1 amide bonds. The molecule has 3 heterocycles. The number of rotatable bonds is 9. The number of nitriles is 1. The van der Waals surface area contributed by atoms with E-state index in [-0.39, 0.29) is 24.9 Å². The molecule has 3 aliphatic rings. The van der Waals surface area contributed by atoms with Gasteiger partial charge in [-0.25, -0.2) is 8.78 Å². The number of carbonyl (C=O) groups excluding carboxylic acids is 1. The molecule has 1 aliphatic carbocycles. The molecule has 2 fully saturated rings. The van der Waals surface area contributed by atoms with Crippen LogP contribution in [0.4, 0.5) is 14.6 Å². The van der Waals surface area contributed by atoms with Crippen molar-refractivity contribution in [2.24, 2.45) is 5.92 Å². The van der Waals surface area contributed by atoms with Crippen LogP contribution in [0, 0.1) is 17.2 Å². The van der Waals surface area contributed by atoms with E-state index in [2.05, 4.69) is 47.3 Å². The van der Waals surface area contributed by atoms with E-state index < -0.39 is 23.9 Å². The van der Waals surface area contributed by atoms with E-state index in [1.54, 1.807) is 7.11 Å². The van der Waals surface area contributed by atoms with E-state index in [9.17, 15) is 18.8 Å². The Balaban J connectivity index is 0.000000442. The molecular weight excluding hydrogens is 634 g/mol. The van der Waals surface area contributed by atoms with Gasteiger partial charge in [0.15, 0.2) is 5.83 Å². The van der Waals surface area contributed by atoms with Gasteiger partial charge >= 0.3 is 6.01 Å². The lowest BCUT2D eigenvalue weighted by Gasteiger charge is -2.42. The van der Waals surface area contributed by atoms with Crippen LogP contribution >= 0.6 is 11.6 Å². The number of likely N-dealkylation sites (tertiary alicyclic amines) is 1. The summed E-state index contributed by atoms with van der Waals surface area (Å²) in [5.41, 5.74) is 3.23. The van der Waals surface area contributed by atoms with Crippen molar-refractivity contribution in [1.82, 2.24) is 19.8 Å². The molecule has 0 saturated carbocycles. The number of methoxy groups -OCH3 is 1. The van der Waals surface area contributed by atoms with E-state index >= 15 is 0 Å². The van der Waals surface area contributed by atoms with Crippen LogP contribution < -0.4 is 9.64 Å². The number of hydrogen-bond acceptors (Lipinski definition) is 7. The van der Waals surface area contributed by atoms with Crippen LogP contribution in [-0.2, 0) is 17.6 Å². The molecule has 0 bridgehead atoms. The first-order chi connectivity index (χ1) is 23.1. The second-order valence-electron chi connectivity index (χ2n) is 12.6. The summed E-state index contributed by atoms with van der Waals surface area (Å²) in [7, 11) is 3.57. The quantitative estimate of drug-likeness (QED) is 0.250. The van der Waals surface area contributed by atoms with Gasteiger partial charge in [-0.05, 0) is 63.1 Å². The maximum atomic E-state index is 13.6. The van der Waals surface area contributed by atoms with Gasteiger partial charge in [-0.3, -0.25) is 4.79 Å². The fraction of sp³-hybridized carbons (Fsp3) is 0.622. The maximum Gasteiger partial charge on any atom is 0.318 e. The van der Waals surface area contributed by atoms with Gasteiger partial charge in [0.05, 0.1) is 31.3 Å². The Morgan fingerprint density at radius 1 is 1.17 bits per heavy atom. The first kappa shape index (κ1) is 39.2. The SMILES string of the molecule is C=C(F)C(=O)N1CCN(c2nc(OC)nc3c2CCC(CCc2ccccc2Cl)C3C)CC1CC#N.CC.CCCC1C(F)CCN1C. The monoisotopic (exact) mass is 686 g/mol. The summed E-state index contributed by atoms with van der Waals surface area (Å²) in [6.45, 7) is 13.5. The summed E-state index contributed by atoms with van der Waals surface area (Å²) >= 11 is 6.37. The molecular formula is C37H53ClF2N6O2. The highest BCUT2D eigenvalue weighted by molar-refractivity contribution is 6.31. The summed E-state index contributed by atoms with van der Waals surface area (Å²) in [5.74, 6) is -0.337. The third-order valence-corrected chi connectivity index (χ3v) is 10.1. The summed E-state index contributed by atoms with van der Waals surface area (Å²) in [4.78, 5) is 27.3. The van der Waals surface area contributed by atoms with Crippen molar-refractivity contribution in [3.8, 4) is 12.1 Å². The third-order valence-electron chi connectivity index (χ3n) is 9.75. The van der Waals surface area contributed by atoms with Crippen molar-refractivity contribution in [3.63, 3.8) is 0 Å². The average molecular weight is 687 g/mol. The van der Waals surface area contributed by atoms with Crippen molar-refractivity contribution in [2.75, 3.05) is 45.2 Å². The Kier molecular flexibility index (Phi) is 15.5. The number of anilines is 1. The number of fused-ring (bicyclic) bond motifs is 1. The minimum Gasteiger partial charge on any atom is -0.467 e. The second-order valence-corrected chi connectivity index (χ2v) is 13.0. The van der Waals surface area contributed by atoms with Gasteiger partial charge in [0.1, 0.15) is 12.0 Å². The van der Waals surface area contributed by atoms with E-state index in [1.165, 1.54) is 4.90 Å². The van der Waals surface area contributed by atoms with Gasteiger partial charge in [-0.15, -0.1) is 0 Å². The third kappa shape index (κ3) is 9.66. The van der Waals surface area contributed by atoms with Crippen molar-refractivity contribution in [3.05, 3.63) is 58.5 Å². The van der Waals surface area contributed by atoms with Crippen molar-refractivity contribution in [2.45, 2.75) is 103 Å². The fourth-order valence-electron chi connectivity index (χ4n) is 7.09. The van der Waals surface area contributed by atoms with Gasteiger partial charge in [0, 0.05) is 48.7 Å². The lowest BCUT2D eigenvalue weighted by Crippen LogP contribution is -2.55. The largest absolute Gasteiger partial charge is 0.467 e. The number of aromatic nitrogens is 2. The number of nitrogens with zero attached hydrogens (tertiary/aromatic N) is 6. The normalized spacial score (nSPS) is 23.5. The van der Waals surface area contributed by atoms with Crippen LogP contribution in [0.3, 0.4) is 0 Å². The summed E-state index contributed by atoms with van der Waals surface area (Å²) in [6.07, 6.45) is 6.12. The lowest BCUT2D eigenvalue weighted by atomic mass is 9.76. The number of amides is 1. The number of benzene rings is 1. The maximum absolute atomic E-state index is 13.6. The Hall–Kier alpha value is -3.29. The molecule has 0 N–H and O–H groups in total. The average Bonchev–Trinajstić information content (AvgIpc) is 3.41. The fourth-order valence-corrected chi connectivity index (χ4v) is 7.32. The standard InChI is InChI=1S/C27H31ClFN5O2.C8H16FN.C2H6/c1-17-19(8-9-20-6-4-5-7-23(20)28)10-11-22-24(17)31-27(36-3)32-25(22)33-14-15-34(26(35)18(2)29)21(16-33)12-13-30;1-3-4-8-7(9)5-6-10(8)2;1-2/h4-7,17,19,21H,2,8-12,14-16H2,1,3H3;7-8H,3-6H2,1-2H3;1-2H3. The lowest BCUT2D eigenvalue weighted by molar-refractivity contribution is -0.131. The number of piperazine rings is 1. The van der Waals surface area contributed by atoms with Gasteiger partial charge < -0.3 is 19.4 Å². The van der Waals surface area contributed by atoms with Crippen LogP contribution in [0.15, 0.2) is 36.7 Å². The van der Waals surface area contributed by atoms with Crippen LogP contribution in [-0.4, -0.2) is 84.3 Å². The molecule has 1 aromatic carbocycles. The zero-order valence-electron chi connectivity index (χ0n) is 29.5. The van der Waals surface area contributed by atoms with Crippen molar-refractivity contribution >= 4 is 23.3 Å². The van der Waals surface area contributed by atoms with E-state index in [0.29, 0.717) is 25.0 Å². The van der Waals surface area contributed by atoms with E-state index in [1.807, 2.05) is 39.1 Å². The molecule has 1 aromatic heterocycles.